The van der Waals surface area contributed by atoms with E-state index < -0.39 is 0 Å². The molecule has 1 N–H and O–H groups in total. The zero-order valence-corrected chi connectivity index (χ0v) is 11.8. The average molecular weight is 273 g/mol. The average Bonchev–Trinajstić information content (AvgIpc) is 3.07. The molecule has 1 fully saturated rings. The molecule has 0 bridgehead atoms. The number of aromatic amines is 1. The fourth-order valence-corrected chi connectivity index (χ4v) is 2.81. The molecule has 1 aliphatic rings. The zero-order chi connectivity index (χ0) is 13.9. The summed E-state index contributed by atoms with van der Waals surface area (Å²) in [5.41, 5.74) is 2.40. The summed E-state index contributed by atoms with van der Waals surface area (Å²) in [7, 11) is 1.76. The van der Waals surface area contributed by atoms with E-state index in [1.54, 1.807) is 13.4 Å². The van der Waals surface area contributed by atoms with Gasteiger partial charge in [0.05, 0.1) is 12.1 Å². The summed E-state index contributed by atoms with van der Waals surface area (Å²) in [6.07, 6.45) is 6.53. The van der Waals surface area contributed by atoms with E-state index in [0.717, 1.165) is 25.3 Å². The number of likely N-dealkylation sites (tertiary alicyclic amines) is 1. The molecule has 0 spiro atoms. The maximum atomic E-state index is 5.51. The molecule has 3 heterocycles. The van der Waals surface area contributed by atoms with Crippen molar-refractivity contribution in [3.05, 3.63) is 41.7 Å². The van der Waals surface area contributed by atoms with Gasteiger partial charge in [-0.2, -0.15) is 5.10 Å². The van der Waals surface area contributed by atoms with Crippen LogP contribution in [-0.4, -0.2) is 44.8 Å². The Hall–Kier alpha value is -1.79. The van der Waals surface area contributed by atoms with Crippen molar-refractivity contribution in [2.24, 2.45) is 0 Å². The summed E-state index contributed by atoms with van der Waals surface area (Å²) in [5, 5.41) is 6.93. The van der Waals surface area contributed by atoms with Crippen LogP contribution in [0.15, 0.2) is 24.8 Å². The number of nitrogens with one attached hydrogen (secondary N) is 1. The van der Waals surface area contributed by atoms with Gasteiger partial charge >= 0.3 is 0 Å². The van der Waals surface area contributed by atoms with Crippen LogP contribution in [0.4, 0.5) is 0 Å². The van der Waals surface area contributed by atoms with Crippen LogP contribution in [0.2, 0.25) is 0 Å². The van der Waals surface area contributed by atoms with Gasteiger partial charge in [-0.25, -0.2) is 4.98 Å². The molecule has 20 heavy (non-hydrogen) atoms. The van der Waals surface area contributed by atoms with Gasteiger partial charge in [-0.15, -0.1) is 0 Å². The normalized spacial score (nSPS) is 23.3. The van der Waals surface area contributed by atoms with E-state index in [-0.39, 0.29) is 12.1 Å². The number of aryl methyl sites for hydroxylation is 1. The lowest BCUT2D eigenvalue weighted by Crippen LogP contribution is -2.25. The second-order valence-corrected chi connectivity index (χ2v) is 5.28. The highest BCUT2D eigenvalue weighted by Crippen LogP contribution is 2.32. The topological polar surface area (TPSA) is 66.9 Å². The first-order chi connectivity index (χ1) is 9.76. The molecule has 0 aliphatic carbocycles. The minimum atomic E-state index is 0.225. The summed E-state index contributed by atoms with van der Waals surface area (Å²) in [4.78, 5) is 10.9. The molecule has 6 nitrogen and oxygen atoms in total. The van der Waals surface area contributed by atoms with Crippen LogP contribution in [0.5, 0.6) is 0 Å². The smallest absolute Gasteiger partial charge is 0.141 e. The fourth-order valence-electron chi connectivity index (χ4n) is 2.81. The van der Waals surface area contributed by atoms with E-state index in [1.807, 2.05) is 12.4 Å². The molecule has 3 rings (SSSR count). The SMILES string of the molecule is CO[C@@H]1C[C@@H](c2ncn[nH]2)N(Cc2cncc(C)c2)C1. The van der Waals surface area contributed by atoms with Gasteiger partial charge in [0.2, 0.25) is 0 Å². The first-order valence-electron chi connectivity index (χ1n) is 6.79. The molecule has 1 aliphatic heterocycles. The number of hydrogen-bond acceptors (Lipinski definition) is 5. The van der Waals surface area contributed by atoms with Gasteiger partial charge in [0, 0.05) is 32.6 Å². The molecule has 2 aromatic heterocycles. The number of hydrogen-bond donors (Lipinski definition) is 1. The van der Waals surface area contributed by atoms with Crippen LogP contribution in [0.1, 0.15) is 29.4 Å². The van der Waals surface area contributed by atoms with Gasteiger partial charge in [-0.05, 0) is 24.5 Å². The minimum Gasteiger partial charge on any atom is -0.380 e. The van der Waals surface area contributed by atoms with E-state index in [2.05, 4.69) is 38.1 Å². The molecular formula is C14H19N5O. The molecule has 0 aromatic carbocycles. The molecule has 0 radical (unpaired) electrons. The Balaban J connectivity index is 1.79. The quantitative estimate of drug-likeness (QED) is 0.913. The fraction of sp³-hybridized carbons (Fsp3) is 0.500. The van der Waals surface area contributed by atoms with Gasteiger partial charge in [0.1, 0.15) is 12.2 Å². The second-order valence-electron chi connectivity index (χ2n) is 5.28. The van der Waals surface area contributed by atoms with Crippen LogP contribution in [0, 0.1) is 6.92 Å². The Bertz CT molecular complexity index is 556. The predicted octanol–water partition coefficient (Wildman–Crippen LogP) is 1.47. The van der Waals surface area contributed by atoms with E-state index in [4.69, 9.17) is 4.74 Å². The third-order valence-corrected chi connectivity index (χ3v) is 3.76. The van der Waals surface area contributed by atoms with Crippen molar-refractivity contribution in [2.75, 3.05) is 13.7 Å². The summed E-state index contributed by atoms with van der Waals surface area (Å²) >= 11 is 0. The summed E-state index contributed by atoms with van der Waals surface area (Å²) in [6, 6.07) is 2.40. The van der Waals surface area contributed by atoms with Gasteiger partial charge in [-0.1, -0.05) is 6.07 Å². The van der Waals surface area contributed by atoms with Crippen molar-refractivity contribution in [3.63, 3.8) is 0 Å². The number of aromatic nitrogens is 4. The number of rotatable bonds is 4. The Morgan fingerprint density at radius 2 is 2.35 bits per heavy atom. The lowest BCUT2D eigenvalue weighted by molar-refractivity contribution is 0.107. The van der Waals surface area contributed by atoms with Crippen LogP contribution in [0.3, 0.4) is 0 Å². The summed E-state index contributed by atoms with van der Waals surface area (Å²) in [5.74, 6) is 0.908. The molecule has 0 unspecified atom stereocenters. The van der Waals surface area contributed by atoms with Gasteiger partial charge in [0.25, 0.3) is 0 Å². The number of nitrogens with zero attached hydrogens (tertiary/aromatic N) is 4. The summed E-state index contributed by atoms with van der Waals surface area (Å²) in [6.45, 7) is 3.81. The molecule has 2 atom stereocenters. The Morgan fingerprint density at radius 1 is 1.45 bits per heavy atom. The van der Waals surface area contributed by atoms with E-state index >= 15 is 0 Å². The maximum absolute atomic E-state index is 5.51. The third kappa shape index (κ3) is 2.71. The van der Waals surface area contributed by atoms with Crippen molar-refractivity contribution in [3.8, 4) is 0 Å². The highest BCUT2D eigenvalue weighted by atomic mass is 16.5. The number of ether oxygens (including phenoxy) is 1. The largest absolute Gasteiger partial charge is 0.380 e. The first-order valence-corrected chi connectivity index (χ1v) is 6.79. The van der Waals surface area contributed by atoms with Gasteiger partial charge < -0.3 is 4.74 Å². The third-order valence-electron chi connectivity index (χ3n) is 3.76. The summed E-state index contributed by atoms with van der Waals surface area (Å²) < 4.78 is 5.51. The van der Waals surface area contributed by atoms with E-state index in [9.17, 15) is 0 Å². The van der Waals surface area contributed by atoms with Crippen LogP contribution < -0.4 is 0 Å². The lowest BCUT2D eigenvalue weighted by atomic mass is 10.1. The predicted molar refractivity (Wildman–Crippen MR) is 73.9 cm³/mol. The van der Waals surface area contributed by atoms with E-state index in [0.29, 0.717) is 0 Å². The van der Waals surface area contributed by atoms with Crippen molar-refractivity contribution in [1.82, 2.24) is 25.1 Å². The Kier molecular flexibility index (Phi) is 3.75. The lowest BCUT2D eigenvalue weighted by Gasteiger charge is -2.22. The molecule has 106 valence electrons. The molecule has 0 amide bonds. The van der Waals surface area contributed by atoms with Crippen LogP contribution >= 0.6 is 0 Å². The van der Waals surface area contributed by atoms with Gasteiger partial charge in [0.15, 0.2) is 0 Å². The number of methoxy groups -OCH3 is 1. The monoisotopic (exact) mass is 273 g/mol. The Morgan fingerprint density at radius 3 is 3.05 bits per heavy atom. The van der Waals surface area contributed by atoms with E-state index in [1.165, 1.54) is 11.1 Å². The zero-order valence-electron chi connectivity index (χ0n) is 11.8. The Labute approximate surface area is 118 Å². The molecule has 6 heteroatoms. The van der Waals surface area contributed by atoms with Gasteiger partial charge in [-0.3, -0.25) is 15.0 Å². The molecule has 0 saturated carbocycles. The molecular weight excluding hydrogens is 254 g/mol. The van der Waals surface area contributed by atoms with Crippen LogP contribution in [0.25, 0.3) is 0 Å². The molecule has 1 saturated heterocycles. The minimum absolute atomic E-state index is 0.225. The van der Waals surface area contributed by atoms with Crippen molar-refractivity contribution >= 4 is 0 Å². The standard InChI is InChI=1S/C14H19N5O/c1-10-3-11(6-15-5-10)7-19-8-12(20-2)4-13(19)14-16-9-17-18-14/h3,5-6,9,12-13H,4,7-8H2,1-2H3,(H,16,17,18)/t12-,13+/m1/s1. The highest BCUT2D eigenvalue weighted by molar-refractivity contribution is 5.17. The van der Waals surface area contributed by atoms with Crippen LogP contribution in [-0.2, 0) is 11.3 Å². The number of H-pyrrole nitrogens is 1. The van der Waals surface area contributed by atoms with Crippen molar-refractivity contribution in [2.45, 2.75) is 32.0 Å². The molecule has 2 aromatic rings. The first kappa shape index (κ1) is 13.2. The van der Waals surface area contributed by atoms with Crippen molar-refractivity contribution in [1.29, 1.82) is 0 Å². The van der Waals surface area contributed by atoms with Crippen molar-refractivity contribution < 1.29 is 4.74 Å². The second kappa shape index (κ2) is 5.68. The maximum Gasteiger partial charge on any atom is 0.141 e. The highest BCUT2D eigenvalue weighted by Gasteiger charge is 2.34. The number of pyridine rings is 1.